The van der Waals surface area contributed by atoms with Gasteiger partial charge in [0.15, 0.2) is 0 Å². The van der Waals surface area contributed by atoms with Crippen LogP contribution in [0.1, 0.15) is 48.6 Å². The number of benzene rings is 4. The average Bonchev–Trinajstić information content (AvgIpc) is 2.91. The highest BCUT2D eigenvalue weighted by atomic mass is 16.5. The second kappa shape index (κ2) is 9.90. The Kier molecular flexibility index (Phi) is 6.49. The first-order chi connectivity index (χ1) is 17.9. The van der Waals surface area contributed by atoms with E-state index in [1.807, 2.05) is 56.3 Å². The first kappa shape index (κ1) is 24.3. The van der Waals surface area contributed by atoms with Crippen molar-refractivity contribution in [2.75, 3.05) is 25.1 Å². The van der Waals surface area contributed by atoms with Crippen LogP contribution in [0.25, 0.3) is 10.8 Å². The van der Waals surface area contributed by atoms with Gasteiger partial charge in [0.2, 0.25) is 0 Å². The Morgan fingerprint density at radius 2 is 1.54 bits per heavy atom. The summed E-state index contributed by atoms with van der Waals surface area (Å²) in [7, 11) is 1.57. The minimum absolute atomic E-state index is 0.169. The third kappa shape index (κ3) is 4.47. The minimum atomic E-state index is -0.300. The number of carbonyl (C=O) groups is 3. The van der Waals surface area contributed by atoms with Crippen LogP contribution < -0.4 is 9.64 Å². The largest absolute Gasteiger partial charge is 0.497 e. The van der Waals surface area contributed by atoms with E-state index in [1.54, 1.807) is 48.4 Å². The van der Waals surface area contributed by atoms with Crippen molar-refractivity contribution in [3.63, 3.8) is 0 Å². The maximum Gasteiger partial charge on any atom is 0.261 e. The van der Waals surface area contributed by atoms with Crippen LogP contribution in [0.2, 0.25) is 0 Å². The number of anilines is 1. The molecule has 0 atom stereocenters. The summed E-state index contributed by atoms with van der Waals surface area (Å²) in [6.07, 6.45) is 0.429. The number of carbonyl (C=O) groups excluding carboxylic acids is 3. The Bertz CT molecular complexity index is 1490. The Balaban J connectivity index is 1.41. The molecule has 186 valence electrons. The van der Waals surface area contributed by atoms with Gasteiger partial charge < -0.3 is 9.64 Å². The molecule has 0 saturated carbocycles. The van der Waals surface area contributed by atoms with Gasteiger partial charge in [-0.05, 0) is 67.6 Å². The van der Waals surface area contributed by atoms with E-state index >= 15 is 0 Å². The molecule has 0 radical (unpaired) electrons. The van der Waals surface area contributed by atoms with Gasteiger partial charge >= 0.3 is 0 Å². The van der Waals surface area contributed by atoms with E-state index in [0.29, 0.717) is 40.8 Å². The first-order valence-corrected chi connectivity index (χ1v) is 12.3. The molecule has 0 spiro atoms. The van der Waals surface area contributed by atoms with Gasteiger partial charge in [0, 0.05) is 40.9 Å². The van der Waals surface area contributed by atoms with Gasteiger partial charge in [-0.1, -0.05) is 48.0 Å². The van der Waals surface area contributed by atoms with Crippen molar-refractivity contribution >= 4 is 34.2 Å². The lowest BCUT2D eigenvalue weighted by Gasteiger charge is -2.29. The summed E-state index contributed by atoms with van der Waals surface area (Å²) in [6.45, 7) is 4.53. The zero-order chi connectivity index (χ0) is 26.1. The third-order valence-electron chi connectivity index (χ3n) is 6.82. The lowest BCUT2D eigenvalue weighted by Crippen LogP contribution is -2.42. The van der Waals surface area contributed by atoms with Gasteiger partial charge in [-0.15, -0.1) is 0 Å². The molecule has 0 bridgehead atoms. The van der Waals surface area contributed by atoms with E-state index in [9.17, 15) is 14.4 Å². The number of ether oxygens (including phenoxy) is 1. The molecule has 6 heteroatoms. The fraction of sp³-hybridized carbons (Fsp3) is 0.194. The number of hydrogen-bond donors (Lipinski definition) is 0. The molecular weight excluding hydrogens is 464 g/mol. The molecular formula is C31H28N2O4. The van der Waals surface area contributed by atoms with Gasteiger partial charge in [0.25, 0.3) is 17.7 Å². The van der Waals surface area contributed by atoms with E-state index in [2.05, 4.69) is 0 Å². The molecule has 0 aromatic heterocycles. The third-order valence-corrected chi connectivity index (χ3v) is 6.82. The standard InChI is InChI=1S/C31H28N2O4/c1-20-14-15-27(21(2)18-20)32(29(34)23-10-4-11-24(19-23)37-3)16-7-17-33-30(35)25-12-5-8-22-9-6-13-26(28(22)25)31(33)36/h4-6,8-15,18-19H,7,16-17H2,1-3H3. The van der Waals surface area contributed by atoms with Gasteiger partial charge in [-0.2, -0.15) is 0 Å². The van der Waals surface area contributed by atoms with Crippen LogP contribution in [0, 0.1) is 13.8 Å². The predicted molar refractivity (Wildman–Crippen MR) is 145 cm³/mol. The molecule has 0 N–H and O–H groups in total. The maximum absolute atomic E-state index is 13.7. The van der Waals surface area contributed by atoms with Crippen molar-refractivity contribution in [3.05, 3.63) is 107 Å². The second-order valence-electron chi connectivity index (χ2n) is 9.30. The zero-order valence-corrected chi connectivity index (χ0v) is 21.2. The van der Waals surface area contributed by atoms with Crippen molar-refractivity contribution in [3.8, 4) is 5.75 Å². The highest BCUT2D eigenvalue weighted by molar-refractivity contribution is 6.25. The summed E-state index contributed by atoms with van der Waals surface area (Å²) < 4.78 is 5.31. The van der Waals surface area contributed by atoms with Crippen molar-refractivity contribution < 1.29 is 19.1 Å². The van der Waals surface area contributed by atoms with Crippen LogP contribution in [0.5, 0.6) is 5.75 Å². The molecule has 4 aromatic rings. The molecule has 1 heterocycles. The predicted octanol–water partition coefficient (Wildman–Crippen LogP) is 5.80. The van der Waals surface area contributed by atoms with Gasteiger partial charge in [-0.25, -0.2) is 0 Å². The molecule has 3 amide bonds. The van der Waals surface area contributed by atoms with E-state index in [-0.39, 0.29) is 24.3 Å². The lowest BCUT2D eigenvalue weighted by molar-refractivity contribution is 0.0610. The van der Waals surface area contributed by atoms with Crippen LogP contribution >= 0.6 is 0 Å². The van der Waals surface area contributed by atoms with E-state index in [4.69, 9.17) is 4.74 Å². The Hall–Kier alpha value is -4.45. The maximum atomic E-state index is 13.7. The van der Waals surface area contributed by atoms with Crippen LogP contribution in [0.15, 0.2) is 78.9 Å². The van der Waals surface area contributed by atoms with Gasteiger partial charge in [0.05, 0.1) is 7.11 Å². The molecule has 0 saturated heterocycles. The van der Waals surface area contributed by atoms with Crippen molar-refractivity contribution in [2.24, 2.45) is 0 Å². The number of imide groups is 1. The van der Waals surface area contributed by atoms with Crippen LogP contribution in [0.4, 0.5) is 5.69 Å². The fourth-order valence-electron chi connectivity index (χ4n) is 5.02. The van der Waals surface area contributed by atoms with Crippen LogP contribution in [-0.4, -0.2) is 42.8 Å². The highest BCUT2D eigenvalue weighted by Crippen LogP contribution is 2.30. The van der Waals surface area contributed by atoms with E-state index in [0.717, 1.165) is 22.2 Å². The number of hydrogen-bond acceptors (Lipinski definition) is 4. The summed E-state index contributed by atoms with van der Waals surface area (Å²) in [4.78, 5) is 43.3. The van der Waals surface area contributed by atoms with E-state index < -0.39 is 0 Å². The van der Waals surface area contributed by atoms with Gasteiger partial charge in [0.1, 0.15) is 5.75 Å². The Morgan fingerprint density at radius 3 is 2.19 bits per heavy atom. The number of aryl methyl sites for hydroxylation is 2. The Morgan fingerprint density at radius 1 is 0.865 bits per heavy atom. The number of nitrogens with zero attached hydrogens (tertiary/aromatic N) is 2. The summed E-state index contributed by atoms with van der Waals surface area (Å²) in [5, 5.41) is 1.59. The molecule has 37 heavy (non-hydrogen) atoms. The second-order valence-corrected chi connectivity index (χ2v) is 9.30. The summed E-state index contributed by atoms with van der Waals surface area (Å²) >= 11 is 0. The van der Waals surface area contributed by atoms with Gasteiger partial charge in [-0.3, -0.25) is 19.3 Å². The minimum Gasteiger partial charge on any atom is -0.497 e. The average molecular weight is 493 g/mol. The number of rotatable bonds is 7. The molecule has 0 unspecified atom stereocenters. The molecule has 1 aliphatic heterocycles. The summed E-state index contributed by atoms with van der Waals surface area (Å²) in [6, 6.07) is 24.0. The number of amides is 3. The fourth-order valence-corrected chi connectivity index (χ4v) is 5.02. The summed E-state index contributed by atoms with van der Waals surface area (Å²) in [5.41, 5.74) is 4.45. The van der Waals surface area contributed by atoms with Crippen molar-refractivity contribution in [1.82, 2.24) is 4.90 Å². The van der Waals surface area contributed by atoms with E-state index in [1.165, 1.54) is 4.90 Å². The monoisotopic (exact) mass is 492 g/mol. The van der Waals surface area contributed by atoms with Crippen molar-refractivity contribution in [2.45, 2.75) is 20.3 Å². The van der Waals surface area contributed by atoms with Crippen LogP contribution in [0.3, 0.4) is 0 Å². The SMILES string of the molecule is COc1cccc(C(=O)N(CCCN2C(=O)c3cccc4cccc(c34)C2=O)c2ccc(C)cc2C)c1. The quantitative estimate of drug-likeness (QED) is 0.306. The molecule has 6 nitrogen and oxygen atoms in total. The highest BCUT2D eigenvalue weighted by Gasteiger charge is 2.32. The zero-order valence-electron chi connectivity index (χ0n) is 21.2. The molecule has 0 aliphatic carbocycles. The first-order valence-electron chi connectivity index (χ1n) is 12.3. The lowest BCUT2D eigenvalue weighted by atomic mass is 9.94. The molecule has 1 aliphatic rings. The molecule has 5 rings (SSSR count). The Labute approximate surface area is 216 Å². The molecule has 4 aromatic carbocycles. The normalized spacial score (nSPS) is 12.7. The topological polar surface area (TPSA) is 66.9 Å². The molecule has 0 fully saturated rings. The van der Waals surface area contributed by atoms with Crippen molar-refractivity contribution in [1.29, 1.82) is 0 Å². The smallest absolute Gasteiger partial charge is 0.261 e. The van der Waals surface area contributed by atoms with Crippen LogP contribution in [-0.2, 0) is 0 Å². The number of methoxy groups -OCH3 is 1. The summed E-state index contributed by atoms with van der Waals surface area (Å²) in [5.74, 6) is -0.168.